The summed E-state index contributed by atoms with van der Waals surface area (Å²) in [7, 11) is 0. The first kappa shape index (κ1) is 23.0. The Labute approximate surface area is 188 Å². The summed E-state index contributed by atoms with van der Waals surface area (Å²) in [6.07, 6.45) is -5.73. The maximum Gasteiger partial charge on any atom is 0.222 e. The molecule has 1 aliphatic rings. The first-order valence-electron chi connectivity index (χ1n) is 10.2. The summed E-state index contributed by atoms with van der Waals surface area (Å²) in [4.78, 5) is 2.05. The lowest BCUT2D eigenvalue weighted by Gasteiger charge is -2.45. The average molecular weight is 461 g/mol. The highest BCUT2D eigenvalue weighted by Crippen LogP contribution is 2.38. The third-order valence-electron chi connectivity index (χ3n) is 5.88. The Morgan fingerprint density at radius 3 is 2.41 bits per heavy atom. The van der Waals surface area contributed by atoms with Gasteiger partial charge in [0.25, 0.3) is 0 Å². The van der Waals surface area contributed by atoms with E-state index in [9.17, 15) is 29.9 Å². The van der Waals surface area contributed by atoms with Crippen molar-refractivity contribution in [3.05, 3.63) is 82.0 Å². The summed E-state index contributed by atoms with van der Waals surface area (Å²) in [5.74, 6) is -2.58. The number of aryl methyl sites for hydroxylation is 1. The van der Waals surface area contributed by atoms with Gasteiger partial charge in [0.15, 0.2) is 0 Å². The van der Waals surface area contributed by atoms with Gasteiger partial charge in [-0.25, -0.2) is 4.39 Å². The molecule has 0 amide bonds. The Hall–Kier alpha value is -2.17. The van der Waals surface area contributed by atoms with Gasteiger partial charge in [-0.05, 0) is 53.9 Å². The molecule has 1 fully saturated rings. The molecule has 32 heavy (non-hydrogen) atoms. The smallest absolute Gasteiger partial charge is 0.222 e. The van der Waals surface area contributed by atoms with Gasteiger partial charge >= 0.3 is 0 Å². The van der Waals surface area contributed by atoms with Crippen LogP contribution in [0.3, 0.4) is 0 Å². The quantitative estimate of drug-likeness (QED) is 0.399. The molecule has 2 heterocycles. The van der Waals surface area contributed by atoms with Crippen LogP contribution < -0.4 is 0 Å². The second kappa shape index (κ2) is 8.99. The van der Waals surface area contributed by atoms with Crippen molar-refractivity contribution in [3.8, 4) is 10.4 Å². The summed E-state index contributed by atoms with van der Waals surface area (Å²) in [6, 6.07) is 15.3. The summed E-state index contributed by atoms with van der Waals surface area (Å²) >= 11 is 1.57. The lowest BCUT2D eigenvalue weighted by atomic mass is 9.86. The van der Waals surface area contributed by atoms with E-state index in [-0.39, 0.29) is 11.4 Å². The first-order valence-corrected chi connectivity index (χ1v) is 11.0. The highest BCUT2D eigenvalue weighted by Gasteiger charge is 2.53. The molecule has 0 saturated carbocycles. The number of hydrogen-bond donors (Lipinski definition) is 5. The molecule has 0 radical (unpaired) electrons. The zero-order chi connectivity index (χ0) is 23.0. The number of halogens is 1. The Kier molecular flexibility index (Phi) is 6.46. The minimum Gasteiger partial charge on any atom is -0.394 e. The molecule has 5 atom stereocenters. The van der Waals surface area contributed by atoms with E-state index in [2.05, 4.69) is 0 Å². The molecule has 0 bridgehead atoms. The Bertz CT molecular complexity index is 1080. The fourth-order valence-corrected chi connectivity index (χ4v) is 4.94. The van der Waals surface area contributed by atoms with Crippen molar-refractivity contribution in [1.29, 1.82) is 0 Å². The minimum absolute atomic E-state index is 0.213. The van der Waals surface area contributed by atoms with E-state index < -0.39 is 36.8 Å². The van der Waals surface area contributed by atoms with E-state index in [0.717, 1.165) is 26.4 Å². The standard InChI is InChI=1S/C24H25FO6S/c1-13-2-5-16(24(30)23(29)22(28)21(27)19(12-26)31-24)10-15(13)11-18-8-9-20(32-18)14-3-6-17(25)7-4-14/h2-10,19,21-23,26-30H,11-12H2,1H3/t19-,21-,22?,23?,24+/m1/s1. The third-order valence-corrected chi connectivity index (χ3v) is 7.02. The van der Waals surface area contributed by atoms with Gasteiger partial charge in [0.05, 0.1) is 6.61 Å². The van der Waals surface area contributed by atoms with Crippen LogP contribution in [0.5, 0.6) is 0 Å². The van der Waals surface area contributed by atoms with E-state index in [4.69, 9.17) is 4.74 Å². The third kappa shape index (κ3) is 4.23. The Morgan fingerprint density at radius 1 is 1.00 bits per heavy atom. The predicted molar refractivity (Wildman–Crippen MR) is 118 cm³/mol. The molecule has 1 aromatic heterocycles. The molecule has 2 unspecified atom stereocenters. The number of thiophene rings is 1. The number of aliphatic hydroxyl groups is 5. The molecular weight excluding hydrogens is 435 g/mol. The summed E-state index contributed by atoms with van der Waals surface area (Å²) in [6.45, 7) is 1.29. The number of aliphatic hydroxyl groups excluding tert-OH is 4. The lowest BCUT2D eigenvalue weighted by molar-refractivity contribution is -0.357. The van der Waals surface area contributed by atoms with Crippen LogP contribution in [0.4, 0.5) is 4.39 Å². The largest absolute Gasteiger partial charge is 0.394 e. The number of ether oxygens (including phenoxy) is 1. The van der Waals surface area contributed by atoms with Crippen molar-refractivity contribution >= 4 is 11.3 Å². The van der Waals surface area contributed by atoms with E-state index in [0.29, 0.717) is 6.42 Å². The van der Waals surface area contributed by atoms with E-state index in [1.807, 2.05) is 19.1 Å². The molecule has 4 rings (SSSR count). The van der Waals surface area contributed by atoms with Gasteiger partial charge in [-0.1, -0.05) is 24.3 Å². The molecule has 0 spiro atoms. The molecule has 2 aromatic carbocycles. The summed E-state index contributed by atoms with van der Waals surface area (Å²) in [5.41, 5.74) is 2.97. The van der Waals surface area contributed by atoms with Crippen LogP contribution in [0, 0.1) is 12.7 Å². The van der Waals surface area contributed by atoms with Gasteiger partial charge in [-0.3, -0.25) is 0 Å². The van der Waals surface area contributed by atoms with Gasteiger partial charge in [0.2, 0.25) is 5.79 Å². The van der Waals surface area contributed by atoms with Crippen LogP contribution in [0.1, 0.15) is 21.6 Å². The zero-order valence-corrected chi connectivity index (χ0v) is 18.2. The summed E-state index contributed by atoms with van der Waals surface area (Å²) < 4.78 is 18.6. The first-order chi connectivity index (χ1) is 15.2. The van der Waals surface area contributed by atoms with Crippen LogP contribution in [0.2, 0.25) is 0 Å². The zero-order valence-electron chi connectivity index (χ0n) is 17.4. The predicted octanol–water partition coefficient (Wildman–Crippen LogP) is 2.07. The maximum atomic E-state index is 13.2. The average Bonchev–Trinajstić information content (AvgIpc) is 3.25. The van der Waals surface area contributed by atoms with E-state index >= 15 is 0 Å². The number of benzene rings is 2. The van der Waals surface area contributed by atoms with Gasteiger partial charge in [0, 0.05) is 21.7 Å². The highest BCUT2D eigenvalue weighted by atomic mass is 32.1. The van der Waals surface area contributed by atoms with Gasteiger partial charge < -0.3 is 30.3 Å². The van der Waals surface area contributed by atoms with E-state index in [1.54, 1.807) is 41.7 Å². The van der Waals surface area contributed by atoms with Crippen molar-refractivity contribution < 1.29 is 34.7 Å². The van der Waals surface area contributed by atoms with Crippen molar-refractivity contribution in [3.63, 3.8) is 0 Å². The monoisotopic (exact) mass is 460 g/mol. The minimum atomic E-state index is -2.29. The summed E-state index contributed by atoms with van der Waals surface area (Å²) in [5, 5.41) is 51.1. The van der Waals surface area contributed by atoms with Gasteiger partial charge in [-0.2, -0.15) is 0 Å². The number of rotatable bonds is 5. The Balaban J connectivity index is 1.61. The number of hydrogen-bond acceptors (Lipinski definition) is 7. The molecule has 6 nitrogen and oxygen atoms in total. The van der Waals surface area contributed by atoms with Crippen molar-refractivity contribution in [2.45, 2.75) is 43.5 Å². The lowest BCUT2D eigenvalue weighted by Crippen LogP contribution is -2.63. The second-order valence-electron chi connectivity index (χ2n) is 8.05. The van der Waals surface area contributed by atoms with E-state index in [1.165, 1.54) is 12.1 Å². The van der Waals surface area contributed by atoms with Crippen LogP contribution in [-0.2, 0) is 16.9 Å². The maximum absolute atomic E-state index is 13.2. The molecule has 0 aliphatic carbocycles. The molecule has 3 aromatic rings. The Morgan fingerprint density at radius 2 is 1.72 bits per heavy atom. The molecule has 1 saturated heterocycles. The second-order valence-corrected chi connectivity index (χ2v) is 9.22. The van der Waals surface area contributed by atoms with Crippen LogP contribution in [-0.4, -0.2) is 56.6 Å². The van der Waals surface area contributed by atoms with Crippen LogP contribution in [0.25, 0.3) is 10.4 Å². The molecular formula is C24H25FO6S. The molecule has 170 valence electrons. The van der Waals surface area contributed by atoms with Gasteiger partial charge in [0.1, 0.15) is 30.2 Å². The SMILES string of the molecule is Cc1ccc([C@]2(O)O[C@H](CO)[C@@H](O)C(O)C2O)cc1Cc1ccc(-c2ccc(F)cc2)s1. The van der Waals surface area contributed by atoms with Gasteiger partial charge in [-0.15, -0.1) is 11.3 Å². The molecule has 1 aliphatic heterocycles. The molecule has 5 N–H and O–H groups in total. The van der Waals surface area contributed by atoms with Crippen molar-refractivity contribution in [2.75, 3.05) is 6.61 Å². The van der Waals surface area contributed by atoms with Crippen molar-refractivity contribution in [2.24, 2.45) is 0 Å². The van der Waals surface area contributed by atoms with Crippen LogP contribution in [0.15, 0.2) is 54.6 Å². The fourth-order valence-electron chi connectivity index (χ4n) is 3.91. The van der Waals surface area contributed by atoms with Crippen LogP contribution >= 0.6 is 11.3 Å². The highest BCUT2D eigenvalue weighted by molar-refractivity contribution is 7.15. The molecule has 8 heteroatoms. The topological polar surface area (TPSA) is 110 Å². The normalized spacial score (nSPS) is 28.1. The fraction of sp³-hybridized carbons (Fsp3) is 0.333. The van der Waals surface area contributed by atoms with Crippen molar-refractivity contribution in [1.82, 2.24) is 0 Å².